The highest BCUT2D eigenvalue weighted by Crippen LogP contribution is 2.53. The van der Waals surface area contributed by atoms with Gasteiger partial charge in [-0.15, -0.1) is 0 Å². The molecule has 2 aromatic carbocycles. The molecule has 3 rings (SSSR count). The van der Waals surface area contributed by atoms with Crippen molar-refractivity contribution in [3.63, 3.8) is 0 Å². The van der Waals surface area contributed by atoms with Gasteiger partial charge in [0.05, 0.1) is 25.9 Å². The number of aliphatic hydroxyl groups excluding tert-OH is 1. The van der Waals surface area contributed by atoms with Crippen molar-refractivity contribution >= 4 is 43.5 Å². The number of carbonyl (C=O) groups is 6. The minimum Gasteiger partial charge on any atom is -0.462 e. The van der Waals surface area contributed by atoms with E-state index in [2.05, 4.69) is 52.2 Å². The topological polar surface area (TPSA) is 247 Å². The summed E-state index contributed by atoms with van der Waals surface area (Å²) in [6, 6.07) is 15.2. The molecule has 1 heterocycles. The van der Waals surface area contributed by atoms with Crippen molar-refractivity contribution in [2.75, 3.05) is 19.8 Å². The van der Waals surface area contributed by atoms with Crippen LogP contribution in [0.25, 0.3) is 0 Å². The molecule has 0 bridgehead atoms. The Balaban J connectivity index is 2.08. The summed E-state index contributed by atoms with van der Waals surface area (Å²) < 4.78 is 73.7. The summed E-state index contributed by atoms with van der Waals surface area (Å²) in [7, 11) is -4.95. The molecule has 0 saturated carbocycles. The van der Waals surface area contributed by atoms with Crippen LogP contribution in [0.2, 0.25) is 0 Å². The van der Waals surface area contributed by atoms with Crippen LogP contribution in [0.1, 0.15) is 497 Å². The van der Waals surface area contributed by atoms with E-state index < -0.39 is 81.2 Å². The molecule has 0 aliphatic carbocycles. The van der Waals surface area contributed by atoms with E-state index in [1.54, 1.807) is 60.7 Å². The minimum atomic E-state index is -4.95. The van der Waals surface area contributed by atoms with Gasteiger partial charge in [-0.25, -0.2) is 4.57 Å². The van der Waals surface area contributed by atoms with E-state index in [1.165, 1.54) is 231 Å². The third-order valence-corrected chi connectivity index (χ3v) is 26.1. The van der Waals surface area contributed by atoms with E-state index in [-0.39, 0.29) is 74.6 Å². The quantitative estimate of drug-likeness (QED) is 0.0241. The average molecular weight is 1790 g/mol. The zero-order valence-corrected chi connectivity index (χ0v) is 82.0. The molecule has 20 heteroatoms. The maximum absolute atomic E-state index is 15.8. The lowest BCUT2D eigenvalue weighted by atomic mass is 9.96. The van der Waals surface area contributed by atoms with Gasteiger partial charge in [0.2, 0.25) is 11.8 Å². The Kier molecular flexibility index (Phi) is 74.8. The summed E-state index contributed by atoms with van der Waals surface area (Å²) in [6.07, 6.45) is 60.9. The van der Waals surface area contributed by atoms with Gasteiger partial charge >= 0.3 is 31.7 Å². The lowest BCUT2D eigenvalue weighted by Gasteiger charge is -2.45. The van der Waals surface area contributed by atoms with Crippen LogP contribution in [-0.4, -0.2) is 110 Å². The first-order valence-electron chi connectivity index (χ1n) is 52.7. The summed E-state index contributed by atoms with van der Waals surface area (Å²) in [5.41, 5.74) is 0. The molecular formula is C106H187N2O17P. The predicted molar refractivity (Wildman–Crippen MR) is 515 cm³/mol. The lowest BCUT2D eigenvalue weighted by Crippen LogP contribution is -2.66. The number of hydrogen-bond acceptors (Lipinski definition) is 17. The second kappa shape index (κ2) is 81.9. The van der Waals surface area contributed by atoms with Gasteiger partial charge in [-0.3, -0.25) is 33.3 Å². The largest absolute Gasteiger partial charge is 0.588 e. The molecule has 8 atom stereocenters. The van der Waals surface area contributed by atoms with Crippen LogP contribution >= 0.6 is 7.82 Å². The van der Waals surface area contributed by atoms with Crippen LogP contribution in [0, 0.1) is 0 Å². The molecule has 19 nitrogen and oxygen atoms in total. The normalized spacial score (nSPS) is 15.9. The van der Waals surface area contributed by atoms with E-state index in [9.17, 15) is 24.3 Å². The SMILES string of the molecule is CCCCCCCCCCCCCC(=O)O[C@H](CCCCCCCCCCC)CC(=O)NCCCCO[C@@H]1O[C@H](CO)[C@@H](OP(=O)(Oc2ccccc2)Oc2ccccc2)[C@H](OC(=O)C[C@@H](CCCCCCCCCCC)OC(=O)CCCCCCCCCCCCC)[C@H]1NC(=O)C[C@@H](CCCCCCCCCCC)OC(=O)CCCCCCCCCCCCC. The molecule has 3 N–H and O–H groups in total. The fourth-order valence-corrected chi connectivity index (χ4v) is 18.4. The zero-order valence-electron chi connectivity index (χ0n) is 81.1. The van der Waals surface area contributed by atoms with Gasteiger partial charge in [-0.1, -0.05) is 425 Å². The molecule has 1 fully saturated rings. The molecule has 0 aromatic heterocycles. The van der Waals surface area contributed by atoms with Crippen molar-refractivity contribution < 1.29 is 80.4 Å². The number of amides is 2. The highest BCUT2D eigenvalue weighted by Gasteiger charge is 2.54. The van der Waals surface area contributed by atoms with Gasteiger partial charge < -0.3 is 53.2 Å². The van der Waals surface area contributed by atoms with Gasteiger partial charge in [-0.05, 0) is 94.9 Å². The molecule has 728 valence electrons. The first kappa shape index (κ1) is 115. The number of rotatable bonds is 90. The summed E-state index contributed by atoms with van der Waals surface area (Å²) in [6.45, 7) is 12.8. The number of carbonyl (C=O) groups excluding carboxylic acids is 6. The number of nitrogens with one attached hydrogen (secondary N) is 2. The molecular weight excluding hydrogens is 1600 g/mol. The molecule has 1 saturated heterocycles. The van der Waals surface area contributed by atoms with Crippen molar-refractivity contribution in [1.29, 1.82) is 0 Å². The fourth-order valence-electron chi connectivity index (χ4n) is 17.0. The van der Waals surface area contributed by atoms with E-state index in [4.69, 9.17) is 42.0 Å². The van der Waals surface area contributed by atoms with Crippen molar-refractivity contribution in [2.24, 2.45) is 0 Å². The molecule has 126 heavy (non-hydrogen) atoms. The van der Waals surface area contributed by atoms with Crippen molar-refractivity contribution in [1.82, 2.24) is 10.6 Å². The molecule has 2 aromatic rings. The zero-order chi connectivity index (χ0) is 90.9. The van der Waals surface area contributed by atoms with E-state index in [1.807, 2.05) is 0 Å². The van der Waals surface area contributed by atoms with Gasteiger partial charge in [0.1, 0.15) is 48.1 Å². The molecule has 2 amide bonds. The van der Waals surface area contributed by atoms with Crippen molar-refractivity contribution in [3.8, 4) is 11.5 Å². The van der Waals surface area contributed by atoms with Gasteiger partial charge in [0.15, 0.2) is 12.4 Å². The first-order chi connectivity index (χ1) is 61.7. The first-order valence-corrected chi connectivity index (χ1v) is 54.1. The van der Waals surface area contributed by atoms with E-state index >= 15 is 14.2 Å². The second-order valence-corrected chi connectivity index (χ2v) is 38.2. The third-order valence-electron chi connectivity index (χ3n) is 24.7. The maximum Gasteiger partial charge on any atom is 0.588 e. The highest BCUT2D eigenvalue weighted by molar-refractivity contribution is 7.49. The number of aliphatic hydroxyl groups is 1. The maximum atomic E-state index is 15.8. The van der Waals surface area contributed by atoms with Crippen molar-refractivity contribution in [3.05, 3.63) is 60.7 Å². The van der Waals surface area contributed by atoms with Crippen LogP contribution in [0.3, 0.4) is 0 Å². The van der Waals surface area contributed by atoms with Gasteiger partial charge in [-0.2, -0.15) is 0 Å². The Labute approximate surface area is 768 Å². The number of unbranched alkanes of at least 4 members (excludes halogenated alkanes) is 55. The van der Waals surface area contributed by atoms with E-state index in [0.717, 1.165) is 128 Å². The van der Waals surface area contributed by atoms with Crippen LogP contribution in [0.4, 0.5) is 0 Å². The fraction of sp³-hybridized carbons (Fsp3) is 0.830. The Bertz CT molecular complexity index is 2880. The molecule has 0 radical (unpaired) electrons. The summed E-state index contributed by atoms with van der Waals surface area (Å²) in [5.74, 6) is -2.48. The molecule has 0 spiro atoms. The third kappa shape index (κ3) is 63.9. The number of ether oxygens (including phenoxy) is 6. The number of para-hydroxylation sites is 2. The minimum absolute atomic E-state index is 0.0182. The number of benzene rings is 2. The summed E-state index contributed by atoms with van der Waals surface area (Å²) >= 11 is 0. The smallest absolute Gasteiger partial charge is 0.462 e. The molecule has 0 unspecified atom stereocenters. The number of esters is 4. The number of hydrogen-bond donors (Lipinski definition) is 3. The van der Waals surface area contributed by atoms with Crippen LogP contribution in [0.15, 0.2) is 60.7 Å². The van der Waals surface area contributed by atoms with Gasteiger partial charge in [0.25, 0.3) is 0 Å². The van der Waals surface area contributed by atoms with Crippen LogP contribution < -0.4 is 19.7 Å². The van der Waals surface area contributed by atoms with E-state index in [0.29, 0.717) is 64.2 Å². The standard InChI is InChI=1S/C106H187N2O17P/c1-7-13-19-25-31-37-40-46-52-58-70-82-99(112)118-93(79-63-55-49-43-34-28-22-16-10-4)87-97(110)107-85-73-74-86-117-106-103(108-98(111)88-94(80-64-56-50-44-35-29-23-17-11-5)119-100(113)83-71-59-53-47-41-38-32-26-20-14-8-2)105(104(96(90-109)121-106)125-126(116,123-91-75-66-61-67-76-91)124-92-77-68-62-69-78-92)122-102(115)89-95(81-65-57-51-45-36-30-24-18-12-6)120-101(114)84-72-60-54-48-42-39-33-27-21-15-9-3/h61-62,66-69,75-78,93-96,103-106,109H,7-60,63-65,70-74,79-90H2,1-6H3,(H,107,110)(H,108,111)/t93-,94-,95-,96-,103-,104-,105-,106-/m1/s1. The Morgan fingerprint density at radius 3 is 0.960 bits per heavy atom. The molecule has 1 aliphatic heterocycles. The highest BCUT2D eigenvalue weighted by atomic mass is 31.2. The van der Waals surface area contributed by atoms with Crippen LogP contribution in [0.5, 0.6) is 11.5 Å². The Hall–Kier alpha value is -5.07. The second-order valence-electron chi connectivity index (χ2n) is 36.7. The van der Waals surface area contributed by atoms with Gasteiger partial charge in [0, 0.05) is 32.4 Å². The monoisotopic (exact) mass is 1790 g/mol. The Morgan fingerprint density at radius 2 is 0.643 bits per heavy atom. The van der Waals surface area contributed by atoms with Crippen molar-refractivity contribution in [2.45, 2.75) is 546 Å². The summed E-state index contributed by atoms with van der Waals surface area (Å²) in [4.78, 5) is 86.2. The average Bonchev–Trinajstić information content (AvgIpc) is 0.772. The summed E-state index contributed by atoms with van der Waals surface area (Å²) in [5, 5.41) is 17.8. The Morgan fingerprint density at radius 1 is 0.349 bits per heavy atom. The number of phosphoric ester groups is 1. The lowest BCUT2D eigenvalue weighted by molar-refractivity contribution is -0.271. The predicted octanol–water partition coefficient (Wildman–Crippen LogP) is 29.4. The molecule has 1 aliphatic rings. The number of phosphoric acid groups is 1. The van der Waals surface area contributed by atoms with Crippen LogP contribution in [-0.2, 0) is 66.3 Å².